The SMILES string of the molecule is CCc1nc(C(N)=O)c(Nc2ccc(N3CCN(CC4=CC[C@H]5C[C@@H]4C5(C)C)CC3)c(C(F)(F)F)c2)nc1N[C@H]1CC[C@H](O)CC1. The van der Waals surface area contributed by atoms with Crippen molar-refractivity contribution in [1.29, 1.82) is 0 Å². The summed E-state index contributed by atoms with van der Waals surface area (Å²) in [5.41, 5.74) is 7.40. The number of nitrogens with two attached hydrogens (primary N) is 1. The molecule has 3 fully saturated rings. The Morgan fingerprint density at radius 3 is 2.41 bits per heavy atom. The highest BCUT2D eigenvalue weighted by Gasteiger charge is 2.51. The number of amides is 1. The maximum Gasteiger partial charge on any atom is 0.418 e. The number of aliphatic hydroxyl groups excluding tert-OH is 1. The average molecular weight is 642 g/mol. The van der Waals surface area contributed by atoms with E-state index in [1.807, 2.05) is 11.8 Å². The van der Waals surface area contributed by atoms with E-state index in [-0.39, 0.29) is 35.0 Å². The molecule has 5 aliphatic rings. The number of benzene rings is 1. The Hall–Kier alpha value is -3.38. The van der Waals surface area contributed by atoms with Gasteiger partial charge in [-0.25, -0.2) is 9.97 Å². The van der Waals surface area contributed by atoms with Crippen LogP contribution >= 0.6 is 0 Å². The fourth-order valence-electron chi connectivity index (χ4n) is 7.82. The van der Waals surface area contributed by atoms with Gasteiger partial charge in [0.05, 0.1) is 17.4 Å². The van der Waals surface area contributed by atoms with Gasteiger partial charge in [0.1, 0.15) is 5.82 Å². The van der Waals surface area contributed by atoms with Crippen molar-refractivity contribution in [2.24, 2.45) is 23.0 Å². The lowest BCUT2D eigenvalue weighted by atomic mass is 9.49. The van der Waals surface area contributed by atoms with Crippen LogP contribution in [0.4, 0.5) is 36.2 Å². The number of halogens is 3. The number of fused-ring (bicyclic) bond motifs is 1. The van der Waals surface area contributed by atoms with Crippen LogP contribution in [0.2, 0.25) is 0 Å². The van der Waals surface area contributed by atoms with Crippen LogP contribution in [0.15, 0.2) is 29.8 Å². The van der Waals surface area contributed by atoms with Crippen molar-refractivity contribution in [3.8, 4) is 0 Å². The normalized spacial score (nSPS) is 26.2. The van der Waals surface area contributed by atoms with Gasteiger partial charge in [-0.2, -0.15) is 13.2 Å². The van der Waals surface area contributed by atoms with Crippen LogP contribution in [0, 0.1) is 17.3 Å². The molecule has 1 aromatic carbocycles. The van der Waals surface area contributed by atoms with Gasteiger partial charge in [0.15, 0.2) is 11.5 Å². The monoisotopic (exact) mass is 641 g/mol. The summed E-state index contributed by atoms with van der Waals surface area (Å²) < 4.78 is 43.5. The summed E-state index contributed by atoms with van der Waals surface area (Å²) >= 11 is 0. The predicted molar refractivity (Wildman–Crippen MR) is 173 cm³/mol. The number of nitrogens with zero attached hydrogens (tertiary/aromatic N) is 4. The minimum Gasteiger partial charge on any atom is -0.393 e. The second-order valence-electron chi connectivity index (χ2n) is 14.0. The third-order valence-corrected chi connectivity index (χ3v) is 10.8. The molecule has 4 aliphatic carbocycles. The summed E-state index contributed by atoms with van der Waals surface area (Å²) in [4.78, 5) is 25.6. The van der Waals surface area contributed by atoms with E-state index < -0.39 is 17.6 Å². The van der Waals surface area contributed by atoms with Gasteiger partial charge in [0.2, 0.25) is 0 Å². The highest BCUT2D eigenvalue weighted by atomic mass is 19.4. The van der Waals surface area contributed by atoms with Crippen molar-refractivity contribution in [3.05, 3.63) is 46.8 Å². The van der Waals surface area contributed by atoms with Crippen LogP contribution in [-0.4, -0.2) is 70.8 Å². The molecule has 2 saturated carbocycles. The summed E-state index contributed by atoms with van der Waals surface area (Å²) in [7, 11) is 0. The third-order valence-electron chi connectivity index (χ3n) is 10.8. The predicted octanol–water partition coefficient (Wildman–Crippen LogP) is 5.73. The fraction of sp³-hybridized carbons (Fsp3) is 0.618. The number of piperazine rings is 1. The molecule has 0 radical (unpaired) electrons. The summed E-state index contributed by atoms with van der Waals surface area (Å²) in [5.74, 6) is 1.01. The number of aryl methyl sites for hydroxylation is 1. The van der Waals surface area contributed by atoms with Gasteiger partial charge in [-0.3, -0.25) is 9.69 Å². The van der Waals surface area contributed by atoms with Gasteiger partial charge in [-0.1, -0.05) is 32.4 Å². The molecule has 0 unspecified atom stereocenters. The quantitative estimate of drug-likeness (QED) is 0.257. The fourth-order valence-corrected chi connectivity index (χ4v) is 7.82. The number of carbonyl (C=O) groups excluding carboxylic acids is 1. The lowest BCUT2D eigenvalue weighted by molar-refractivity contribution is -0.137. The molecule has 1 amide bonds. The molecule has 7 rings (SSSR count). The highest BCUT2D eigenvalue weighted by molar-refractivity contribution is 5.96. The summed E-state index contributed by atoms with van der Waals surface area (Å²) in [6, 6.07) is 4.20. The zero-order chi connectivity index (χ0) is 32.8. The van der Waals surface area contributed by atoms with E-state index in [2.05, 4.69) is 45.4 Å². The number of allylic oxidation sites excluding steroid dienone is 1. The summed E-state index contributed by atoms with van der Waals surface area (Å²) in [5, 5.41) is 16.2. The smallest absolute Gasteiger partial charge is 0.393 e. The average Bonchev–Trinajstić information content (AvgIpc) is 3.02. The van der Waals surface area contributed by atoms with Crippen LogP contribution in [0.3, 0.4) is 0 Å². The maximum absolute atomic E-state index is 14.5. The van der Waals surface area contributed by atoms with Crippen molar-refractivity contribution in [3.63, 3.8) is 0 Å². The van der Waals surface area contributed by atoms with Crippen molar-refractivity contribution in [2.45, 2.75) is 84.0 Å². The summed E-state index contributed by atoms with van der Waals surface area (Å²) in [6.45, 7) is 9.88. The molecule has 2 aromatic rings. The molecule has 1 aliphatic heterocycles. The second-order valence-corrected chi connectivity index (χ2v) is 14.0. The molecule has 2 atom stereocenters. The Kier molecular flexibility index (Phi) is 8.97. The van der Waals surface area contributed by atoms with E-state index in [1.54, 1.807) is 6.07 Å². The van der Waals surface area contributed by atoms with Gasteiger partial charge >= 0.3 is 6.18 Å². The first-order valence-electron chi connectivity index (χ1n) is 16.6. The first-order valence-corrected chi connectivity index (χ1v) is 16.6. The third kappa shape index (κ3) is 6.56. The van der Waals surface area contributed by atoms with Crippen LogP contribution in [0.1, 0.15) is 81.0 Å². The zero-order valence-electron chi connectivity index (χ0n) is 27.0. The molecule has 1 saturated heterocycles. The molecule has 9 nitrogen and oxygen atoms in total. The Bertz CT molecular complexity index is 1480. The minimum absolute atomic E-state index is 0.00416. The first-order chi connectivity index (χ1) is 21.8. The number of hydrogen-bond donors (Lipinski definition) is 4. The number of anilines is 4. The molecule has 250 valence electrons. The molecule has 5 N–H and O–H groups in total. The minimum atomic E-state index is -4.59. The number of nitrogens with one attached hydrogen (secondary N) is 2. The molecule has 12 heteroatoms. The Morgan fingerprint density at radius 1 is 1.09 bits per heavy atom. The molecule has 2 heterocycles. The van der Waals surface area contributed by atoms with Crippen LogP contribution < -0.4 is 21.3 Å². The van der Waals surface area contributed by atoms with Crippen LogP contribution in [0.5, 0.6) is 0 Å². The molecule has 1 aromatic heterocycles. The van der Waals surface area contributed by atoms with Gasteiger partial charge in [-0.15, -0.1) is 0 Å². The van der Waals surface area contributed by atoms with E-state index in [9.17, 15) is 23.1 Å². The number of rotatable bonds is 9. The lowest BCUT2D eigenvalue weighted by Gasteiger charge is -2.57. The molecular weight excluding hydrogens is 595 g/mol. The van der Waals surface area contributed by atoms with E-state index in [4.69, 9.17) is 5.73 Å². The largest absolute Gasteiger partial charge is 0.418 e. The van der Waals surface area contributed by atoms with Gasteiger partial charge in [0.25, 0.3) is 5.91 Å². The van der Waals surface area contributed by atoms with Crippen molar-refractivity contribution in [2.75, 3.05) is 48.3 Å². The number of aromatic nitrogens is 2. The molecule has 2 bridgehead atoms. The van der Waals surface area contributed by atoms with Crippen LogP contribution in [0.25, 0.3) is 0 Å². The number of aliphatic hydroxyl groups is 1. The highest BCUT2D eigenvalue weighted by Crippen LogP contribution is 2.59. The maximum atomic E-state index is 14.5. The number of carbonyl (C=O) groups is 1. The van der Waals surface area contributed by atoms with E-state index >= 15 is 0 Å². The van der Waals surface area contributed by atoms with Gasteiger partial charge in [0, 0.05) is 50.1 Å². The summed E-state index contributed by atoms with van der Waals surface area (Å²) in [6.07, 6.45) is 3.16. The Morgan fingerprint density at radius 2 is 1.80 bits per heavy atom. The topological polar surface area (TPSA) is 120 Å². The van der Waals surface area contributed by atoms with Gasteiger partial charge in [-0.05, 0) is 80.4 Å². The molecule has 0 spiro atoms. The van der Waals surface area contributed by atoms with Crippen LogP contribution in [-0.2, 0) is 12.6 Å². The lowest BCUT2D eigenvalue weighted by Crippen LogP contribution is -2.52. The van der Waals surface area contributed by atoms with E-state index in [1.165, 1.54) is 18.1 Å². The number of hydrogen-bond acceptors (Lipinski definition) is 8. The van der Waals surface area contributed by atoms with E-state index in [0.29, 0.717) is 68.3 Å². The first kappa shape index (κ1) is 32.6. The Balaban J connectivity index is 1.19. The molecular formula is C34H46F3N7O2. The van der Waals surface area contributed by atoms with E-state index in [0.717, 1.165) is 37.8 Å². The zero-order valence-corrected chi connectivity index (χ0v) is 27.0. The van der Waals surface area contributed by atoms with Crippen molar-refractivity contribution < 1.29 is 23.1 Å². The van der Waals surface area contributed by atoms with Crippen molar-refractivity contribution in [1.82, 2.24) is 14.9 Å². The number of alkyl halides is 3. The Labute approximate surface area is 268 Å². The standard InChI is InChI=1S/C34H46F3N7O2/c1-4-27-31(39-22-7-10-24(45)11-8-22)42-32(29(41-27)30(38)46)40-23-9-12-28(26(18-23)34(35,36)37)44-15-13-43(14-16-44)19-20-5-6-21-17-25(20)33(21,2)3/h5,9,12,18,21-22,24-25,45H,4,6-8,10-11,13-17,19H2,1-3H3,(H2,38,46)(H2,39,40,42)/t21-,22-,24-,25-/m0/s1. The number of primary amides is 1. The molecule has 46 heavy (non-hydrogen) atoms. The van der Waals surface area contributed by atoms with Crippen molar-refractivity contribution >= 4 is 28.9 Å². The second kappa shape index (κ2) is 12.7. The van der Waals surface area contributed by atoms with Gasteiger partial charge < -0.3 is 26.4 Å².